The first-order valence-electron chi connectivity index (χ1n) is 7.63. The maximum Gasteiger partial charge on any atom is 0.255 e. The Kier molecular flexibility index (Phi) is 4.83. The van der Waals surface area contributed by atoms with Crippen LogP contribution in [0.15, 0.2) is 47.4 Å². The maximum absolute atomic E-state index is 12.4. The number of benzene rings is 2. The molecule has 0 radical (unpaired) electrons. The summed E-state index contributed by atoms with van der Waals surface area (Å²) in [4.78, 5) is 12.4. The summed E-state index contributed by atoms with van der Waals surface area (Å²) in [6, 6.07) is 11.0. The number of carbonyl (C=O) groups excluding carboxylic acids is 1. The van der Waals surface area contributed by atoms with Crippen LogP contribution in [0.5, 0.6) is 0 Å². The lowest BCUT2D eigenvalue weighted by molar-refractivity contribution is 0.0548. The van der Waals surface area contributed by atoms with E-state index in [1.165, 1.54) is 28.6 Å². The van der Waals surface area contributed by atoms with Crippen LogP contribution in [0.1, 0.15) is 15.9 Å². The molecule has 0 aromatic heterocycles. The van der Waals surface area contributed by atoms with Crippen LogP contribution >= 0.6 is 11.6 Å². The van der Waals surface area contributed by atoms with E-state index in [-0.39, 0.29) is 23.5 Å². The summed E-state index contributed by atoms with van der Waals surface area (Å²) in [7, 11) is -3.70. The zero-order valence-corrected chi connectivity index (χ0v) is 15.0. The molecule has 3 rings (SSSR count). The zero-order valence-electron chi connectivity index (χ0n) is 13.4. The number of anilines is 1. The molecule has 1 amide bonds. The third-order valence-corrected chi connectivity index (χ3v) is 6.23. The van der Waals surface area contributed by atoms with Crippen molar-refractivity contribution in [2.75, 3.05) is 18.4 Å². The summed E-state index contributed by atoms with van der Waals surface area (Å²) in [5, 5.41) is 12.5. The molecular weight excluding hydrogens is 364 g/mol. The second-order valence-electron chi connectivity index (χ2n) is 5.92. The van der Waals surface area contributed by atoms with Gasteiger partial charge in [0.15, 0.2) is 0 Å². The molecular formula is C17H17ClN2O4S. The number of aryl methyl sites for hydroxylation is 1. The summed E-state index contributed by atoms with van der Waals surface area (Å²) in [6.45, 7) is 2.00. The van der Waals surface area contributed by atoms with E-state index in [4.69, 9.17) is 11.6 Å². The van der Waals surface area contributed by atoms with Crippen LogP contribution in [0, 0.1) is 6.92 Å². The van der Waals surface area contributed by atoms with Crippen LogP contribution < -0.4 is 5.32 Å². The lowest BCUT2D eigenvalue weighted by Crippen LogP contribution is -2.53. The lowest BCUT2D eigenvalue weighted by atomic mass is 10.2. The number of carbonyl (C=O) groups is 1. The van der Waals surface area contributed by atoms with E-state index in [1.807, 2.05) is 6.92 Å². The van der Waals surface area contributed by atoms with Crippen LogP contribution in [0.3, 0.4) is 0 Å². The molecule has 8 heteroatoms. The number of β-amino-alcohol motifs (C(OH)–C–C–N with tert-alkyl or cyclic N) is 1. The number of aliphatic hydroxyl groups is 1. The van der Waals surface area contributed by atoms with Gasteiger partial charge in [0.25, 0.3) is 5.91 Å². The maximum atomic E-state index is 12.4. The minimum Gasteiger partial charge on any atom is -0.390 e. The lowest BCUT2D eigenvalue weighted by Gasteiger charge is -2.34. The molecule has 1 fully saturated rings. The number of hydrogen-bond donors (Lipinski definition) is 2. The Morgan fingerprint density at radius 2 is 1.96 bits per heavy atom. The highest BCUT2D eigenvalue weighted by atomic mass is 35.5. The summed E-state index contributed by atoms with van der Waals surface area (Å²) < 4.78 is 26.1. The highest BCUT2D eigenvalue weighted by molar-refractivity contribution is 7.89. The van der Waals surface area contributed by atoms with Gasteiger partial charge in [-0.25, -0.2) is 8.42 Å². The molecule has 2 aromatic carbocycles. The van der Waals surface area contributed by atoms with E-state index < -0.39 is 22.0 Å². The molecule has 2 N–H and O–H groups in total. The Bertz CT molecular complexity index is 924. The molecule has 1 saturated heterocycles. The van der Waals surface area contributed by atoms with Gasteiger partial charge in [-0.15, -0.1) is 0 Å². The van der Waals surface area contributed by atoms with E-state index in [9.17, 15) is 18.3 Å². The van der Waals surface area contributed by atoms with Gasteiger partial charge in [0.1, 0.15) is 0 Å². The standard InChI is InChI=1S/C17H17ClN2O4S/c1-11-5-6-13(8-16(11)18)19-17(22)12-3-2-4-15(7-12)25(23,24)20-9-14(21)10-20/h2-8,14,21H,9-10H2,1H3,(H,19,22). The highest BCUT2D eigenvalue weighted by Crippen LogP contribution is 2.23. The molecule has 25 heavy (non-hydrogen) atoms. The molecule has 0 saturated carbocycles. The van der Waals surface area contributed by atoms with Crippen LogP contribution in [-0.4, -0.2) is 42.9 Å². The second-order valence-corrected chi connectivity index (χ2v) is 8.27. The van der Waals surface area contributed by atoms with Gasteiger partial charge in [0.2, 0.25) is 10.0 Å². The van der Waals surface area contributed by atoms with Gasteiger partial charge in [-0.05, 0) is 42.8 Å². The largest absolute Gasteiger partial charge is 0.390 e. The second kappa shape index (κ2) is 6.76. The van der Waals surface area contributed by atoms with Gasteiger partial charge in [0.05, 0.1) is 11.0 Å². The van der Waals surface area contributed by atoms with Crippen molar-refractivity contribution in [3.63, 3.8) is 0 Å². The Labute approximate surface area is 151 Å². The number of aliphatic hydroxyl groups excluding tert-OH is 1. The van der Waals surface area contributed by atoms with Crippen molar-refractivity contribution in [1.82, 2.24) is 4.31 Å². The Balaban J connectivity index is 1.81. The first-order chi connectivity index (χ1) is 11.8. The first kappa shape index (κ1) is 17.9. The van der Waals surface area contributed by atoms with Crippen LogP contribution in [0.25, 0.3) is 0 Å². The van der Waals surface area contributed by atoms with Crippen LogP contribution in [0.2, 0.25) is 5.02 Å². The quantitative estimate of drug-likeness (QED) is 0.851. The predicted molar refractivity (Wildman–Crippen MR) is 95.3 cm³/mol. The fraction of sp³-hybridized carbons (Fsp3) is 0.235. The van der Waals surface area contributed by atoms with Crippen molar-refractivity contribution in [3.8, 4) is 0 Å². The zero-order chi connectivity index (χ0) is 18.2. The van der Waals surface area contributed by atoms with Crippen molar-refractivity contribution >= 4 is 33.2 Å². The molecule has 1 heterocycles. The van der Waals surface area contributed by atoms with Gasteiger partial charge >= 0.3 is 0 Å². The highest BCUT2D eigenvalue weighted by Gasteiger charge is 2.35. The number of hydrogen-bond acceptors (Lipinski definition) is 4. The molecule has 0 atom stereocenters. The van der Waals surface area contributed by atoms with Crippen molar-refractivity contribution in [2.45, 2.75) is 17.9 Å². The number of nitrogens with one attached hydrogen (secondary N) is 1. The minimum atomic E-state index is -3.70. The predicted octanol–water partition coefficient (Wildman–Crippen LogP) is 2.27. The monoisotopic (exact) mass is 380 g/mol. The fourth-order valence-electron chi connectivity index (χ4n) is 2.43. The molecule has 6 nitrogen and oxygen atoms in total. The van der Waals surface area contributed by atoms with Gasteiger partial charge in [-0.3, -0.25) is 4.79 Å². The van der Waals surface area contributed by atoms with Crippen molar-refractivity contribution < 1.29 is 18.3 Å². The minimum absolute atomic E-state index is 0.0222. The molecule has 132 valence electrons. The average molecular weight is 381 g/mol. The molecule has 1 aliphatic rings. The molecule has 0 bridgehead atoms. The summed E-state index contributed by atoms with van der Waals surface area (Å²) >= 11 is 6.04. The van der Waals surface area contributed by atoms with Gasteiger partial charge in [-0.2, -0.15) is 4.31 Å². The molecule has 0 unspecified atom stereocenters. The average Bonchev–Trinajstić information content (AvgIpc) is 2.55. The molecule has 0 aliphatic carbocycles. The Hall–Kier alpha value is -1.93. The number of rotatable bonds is 4. The molecule has 1 aliphatic heterocycles. The van der Waals surface area contributed by atoms with E-state index in [2.05, 4.69) is 5.32 Å². The van der Waals surface area contributed by atoms with E-state index in [0.717, 1.165) is 5.56 Å². The fourth-order valence-corrected chi connectivity index (χ4v) is 4.18. The smallest absolute Gasteiger partial charge is 0.255 e. The summed E-state index contributed by atoms with van der Waals surface area (Å²) in [6.07, 6.45) is -0.632. The summed E-state index contributed by atoms with van der Waals surface area (Å²) in [5.41, 5.74) is 1.64. The van der Waals surface area contributed by atoms with E-state index in [1.54, 1.807) is 18.2 Å². The van der Waals surface area contributed by atoms with Gasteiger partial charge in [-0.1, -0.05) is 23.7 Å². The van der Waals surface area contributed by atoms with Crippen molar-refractivity contribution in [3.05, 3.63) is 58.6 Å². The Morgan fingerprint density at radius 1 is 1.24 bits per heavy atom. The third kappa shape index (κ3) is 3.69. The molecule has 2 aromatic rings. The normalized spacial score (nSPS) is 15.6. The van der Waals surface area contributed by atoms with Crippen molar-refractivity contribution in [2.24, 2.45) is 0 Å². The number of nitrogens with zero attached hydrogens (tertiary/aromatic N) is 1. The topological polar surface area (TPSA) is 86.7 Å². The third-order valence-electron chi connectivity index (χ3n) is 3.99. The van der Waals surface area contributed by atoms with E-state index >= 15 is 0 Å². The van der Waals surface area contributed by atoms with Gasteiger partial charge in [0, 0.05) is 29.4 Å². The number of sulfonamides is 1. The van der Waals surface area contributed by atoms with Crippen LogP contribution in [-0.2, 0) is 10.0 Å². The summed E-state index contributed by atoms with van der Waals surface area (Å²) in [5.74, 6) is -0.430. The number of halogens is 1. The Morgan fingerprint density at radius 3 is 2.60 bits per heavy atom. The van der Waals surface area contributed by atoms with Crippen LogP contribution in [0.4, 0.5) is 5.69 Å². The van der Waals surface area contributed by atoms with Gasteiger partial charge < -0.3 is 10.4 Å². The molecule has 0 spiro atoms. The number of amides is 1. The van der Waals surface area contributed by atoms with Crippen molar-refractivity contribution in [1.29, 1.82) is 0 Å². The first-order valence-corrected chi connectivity index (χ1v) is 9.45. The SMILES string of the molecule is Cc1ccc(NC(=O)c2cccc(S(=O)(=O)N3CC(O)C3)c2)cc1Cl. The van der Waals surface area contributed by atoms with E-state index in [0.29, 0.717) is 10.7 Å².